The van der Waals surface area contributed by atoms with Gasteiger partial charge in [0.05, 0.1) is 11.6 Å². The van der Waals surface area contributed by atoms with E-state index in [2.05, 4.69) is 21.3 Å². The van der Waals surface area contributed by atoms with Crippen LogP contribution in [0.15, 0.2) is 54.9 Å². The molecule has 0 aliphatic carbocycles. The summed E-state index contributed by atoms with van der Waals surface area (Å²) >= 11 is 0. The number of hydrogen-bond acceptors (Lipinski definition) is 3. The topological polar surface area (TPSA) is 65.4 Å². The van der Waals surface area contributed by atoms with Crippen molar-refractivity contribution in [2.75, 3.05) is 0 Å². The molecule has 20 heavy (non-hydrogen) atoms. The van der Waals surface area contributed by atoms with Crippen LogP contribution in [0.5, 0.6) is 0 Å². The van der Waals surface area contributed by atoms with E-state index in [1.165, 1.54) is 6.33 Å². The van der Waals surface area contributed by atoms with Crippen molar-refractivity contribution in [3.8, 4) is 17.2 Å². The Morgan fingerprint density at radius 3 is 2.55 bits per heavy atom. The van der Waals surface area contributed by atoms with E-state index in [1.54, 1.807) is 0 Å². The normalized spacial score (nSPS) is 10.2. The van der Waals surface area contributed by atoms with Crippen molar-refractivity contribution in [3.63, 3.8) is 0 Å². The molecule has 0 unspecified atom stereocenters. The minimum atomic E-state index is 0.690. The average Bonchev–Trinajstić information content (AvgIpc) is 3.01. The molecule has 96 valence electrons. The Bertz CT molecular complexity index is 737. The number of nitriles is 1. The maximum Gasteiger partial charge on any atom is 0.137 e. The highest BCUT2D eigenvalue weighted by Crippen LogP contribution is 2.23. The quantitative estimate of drug-likeness (QED) is 0.787. The predicted molar refractivity (Wildman–Crippen MR) is 75.8 cm³/mol. The number of aromatic amines is 1. The fourth-order valence-corrected chi connectivity index (χ4v) is 2.14. The van der Waals surface area contributed by atoms with Gasteiger partial charge in [0.15, 0.2) is 0 Å². The van der Waals surface area contributed by atoms with Crippen LogP contribution in [0.25, 0.3) is 11.1 Å². The second-order valence-electron chi connectivity index (χ2n) is 4.46. The molecular formula is C16H12N4. The maximum absolute atomic E-state index is 9.14. The predicted octanol–water partition coefficient (Wildman–Crippen LogP) is 2.93. The molecule has 0 saturated carbocycles. The van der Waals surface area contributed by atoms with Crippen molar-refractivity contribution in [1.82, 2.24) is 15.2 Å². The molecule has 3 rings (SSSR count). The van der Waals surface area contributed by atoms with Crippen molar-refractivity contribution in [1.29, 1.82) is 5.26 Å². The van der Waals surface area contributed by atoms with Gasteiger partial charge in [-0.25, -0.2) is 4.98 Å². The van der Waals surface area contributed by atoms with Crippen LogP contribution in [0.3, 0.4) is 0 Å². The van der Waals surface area contributed by atoms with E-state index in [0.717, 1.165) is 28.9 Å². The minimum Gasteiger partial charge on any atom is -0.263 e. The van der Waals surface area contributed by atoms with Gasteiger partial charge in [0.1, 0.15) is 12.2 Å². The summed E-state index contributed by atoms with van der Waals surface area (Å²) in [5, 5.41) is 15.8. The molecule has 0 bridgehead atoms. The molecule has 0 saturated heterocycles. The van der Waals surface area contributed by atoms with Gasteiger partial charge in [-0.2, -0.15) is 10.4 Å². The molecule has 0 spiro atoms. The Morgan fingerprint density at radius 1 is 1.05 bits per heavy atom. The summed E-state index contributed by atoms with van der Waals surface area (Å²) in [5.74, 6) is 0.843. The summed E-state index contributed by atoms with van der Waals surface area (Å²) in [5.41, 5.74) is 3.85. The summed E-state index contributed by atoms with van der Waals surface area (Å²) in [6.45, 7) is 0. The van der Waals surface area contributed by atoms with Gasteiger partial charge in [-0.05, 0) is 22.8 Å². The van der Waals surface area contributed by atoms with Crippen LogP contribution >= 0.6 is 0 Å². The monoisotopic (exact) mass is 260 g/mol. The molecule has 2 aromatic carbocycles. The van der Waals surface area contributed by atoms with Crippen LogP contribution in [-0.2, 0) is 6.42 Å². The zero-order valence-electron chi connectivity index (χ0n) is 10.7. The molecule has 0 amide bonds. The molecule has 0 radical (unpaired) electrons. The van der Waals surface area contributed by atoms with Gasteiger partial charge >= 0.3 is 0 Å². The first-order valence-electron chi connectivity index (χ1n) is 6.29. The Hall–Kier alpha value is -2.93. The van der Waals surface area contributed by atoms with Crippen LogP contribution in [0.4, 0.5) is 0 Å². The van der Waals surface area contributed by atoms with Crippen LogP contribution < -0.4 is 0 Å². The van der Waals surface area contributed by atoms with Gasteiger partial charge in [0.2, 0.25) is 0 Å². The number of benzene rings is 2. The van der Waals surface area contributed by atoms with Crippen molar-refractivity contribution >= 4 is 0 Å². The van der Waals surface area contributed by atoms with Crippen molar-refractivity contribution < 1.29 is 0 Å². The lowest BCUT2D eigenvalue weighted by molar-refractivity contribution is 0.972. The van der Waals surface area contributed by atoms with Gasteiger partial charge in [-0.1, -0.05) is 42.5 Å². The summed E-state index contributed by atoms with van der Waals surface area (Å²) in [7, 11) is 0. The first-order valence-corrected chi connectivity index (χ1v) is 6.29. The van der Waals surface area contributed by atoms with Crippen LogP contribution in [0.2, 0.25) is 0 Å². The van der Waals surface area contributed by atoms with Crippen LogP contribution in [-0.4, -0.2) is 15.2 Å². The Balaban J connectivity index is 1.88. The molecule has 1 N–H and O–H groups in total. The van der Waals surface area contributed by atoms with E-state index >= 15 is 0 Å². The molecule has 0 atom stereocenters. The fraction of sp³-hybridized carbons (Fsp3) is 0.0625. The average molecular weight is 260 g/mol. The Labute approximate surface area is 116 Å². The van der Waals surface area contributed by atoms with E-state index in [4.69, 9.17) is 5.26 Å². The number of H-pyrrole nitrogens is 1. The highest BCUT2D eigenvalue weighted by atomic mass is 15.2. The van der Waals surface area contributed by atoms with Gasteiger partial charge in [0.25, 0.3) is 0 Å². The lowest BCUT2D eigenvalue weighted by Gasteiger charge is -2.05. The summed E-state index contributed by atoms with van der Waals surface area (Å²) in [6.07, 6.45) is 2.23. The number of nitrogens with zero attached hydrogens (tertiary/aromatic N) is 3. The molecular weight excluding hydrogens is 248 g/mol. The van der Waals surface area contributed by atoms with Gasteiger partial charge in [-0.15, -0.1) is 0 Å². The Morgan fingerprint density at radius 2 is 1.85 bits per heavy atom. The first kappa shape index (κ1) is 12.1. The smallest absolute Gasteiger partial charge is 0.137 e. The van der Waals surface area contributed by atoms with E-state index in [0.29, 0.717) is 5.56 Å². The van der Waals surface area contributed by atoms with Gasteiger partial charge in [-0.3, -0.25) is 5.10 Å². The lowest BCUT2D eigenvalue weighted by atomic mass is 9.99. The summed E-state index contributed by atoms with van der Waals surface area (Å²) in [4.78, 5) is 4.11. The molecule has 0 aliphatic rings. The largest absolute Gasteiger partial charge is 0.263 e. The minimum absolute atomic E-state index is 0.690. The number of hydrogen-bond donors (Lipinski definition) is 1. The number of nitrogens with one attached hydrogen (secondary N) is 1. The van der Waals surface area contributed by atoms with E-state index in [-0.39, 0.29) is 0 Å². The highest BCUT2D eigenvalue weighted by molar-refractivity contribution is 5.70. The lowest BCUT2D eigenvalue weighted by Crippen LogP contribution is -1.91. The summed E-state index contributed by atoms with van der Waals surface area (Å²) in [6, 6.07) is 18.0. The van der Waals surface area contributed by atoms with E-state index in [9.17, 15) is 0 Å². The van der Waals surface area contributed by atoms with Crippen molar-refractivity contribution in [2.45, 2.75) is 6.42 Å². The van der Waals surface area contributed by atoms with Gasteiger partial charge < -0.3 is 0 Å². The van der Waals surface area contributed by atoms with Gasteiger partial charge in [0, 0.05) is 6.42 Å². The second kappa shape index (κ2) is 5.37. The second-order valence-corrected chi connectivity index (χ2v) is 4.46. The Kier molecular flexibility index (Phi) is 3.25. The molecule has 1 heterocycles. The molecule has 0 aliphatic heterocycles. The third-order valence-electron chi connectivity index (χ3n) is 3.15. The molecule has 1 aromatic heterocycles. The fourth-order valence-electron chi connectivity index (χ4n) is 2.14. The highest BCUT2D eigenvalue weighted by Gasteiger charge is 2.04. The van der Waals surface area contributed by atoms with E-state index in [1.807, 2.05) is 48.5 Å². The number of aromatic nitrogens is 3. The maximum atomic E-state index is 9.14. The van der Waals surface area contributed by atoms with E-state index < -0.39 is 0 Å². The van der Waals surface area contributed by atoms with Crippen LogP contribution in [0.1, 0.15) is 17.0 Å². The summed E-state index contributed by atoms with van der Waals surface area (Å²) < 4.78 is 0. The van der Waals surface area contributed by atoms with Crippen molar-refractivity contribution in [3.05, 3.63) is 71.8 Å². The first-order chi connectivity index (χ1) is 9.86. The SMILES string of the molecule is N#Cc1ccccc1-c1ccc(Cc2ncn[nH]2)cc1. The molecule has 0 fully saturated rings. The third-order valence-corrected chi connectivity index (χ3v) is 3.15. The molecule has 3 aromatic rings. The van der Waals surface area contributed by atoms with Crippen LogP contribution in [0, 0.1) is 11.3 Å². The van der Waals surface area contributed by atoms with Crippen molar-refractivity contribution in [2.24, 2.45) is 0 Å². The number of rotatable bonds is 3. The zero-order chi connectivity index (χ0) is 13.8. The third kappa shape index (κ3) is 2.43. The zero-order valence-corrected chi connectivity index (χ0v) is 10.7. The molecule has 4 nitrogen and oxygen atoms in total. The molecule has 4 heteroatoms. The standard InChI is InChI=1S/C16H12N4/c17-10-14-3-1-2-4-15(14)13-7-5-12(6-8-13)9-16-18-11-19-20-16/h1-8,11H,9H2,(H,18,19,20).